The fourth-order valence-corrected chi connectivity index (χ4v) is 2.15. The first-order chi connectivity index (χ1) is 5.11. The molecule has 0 heterocycles. The molecule has 3 unspecified atom stereocenters. The summed E-state index contributed by atoms with van der Waals surface area (Å²) in [4.78, 5) is 0. The molecule has 1 N–H and O–H groups in total. The molecule has 1 fully saturated rings. The summed E-state index contributed by atoms with van der Waals surface area (Å²) in [5.41, 5.74) is 0. The lowest BCUT2D eigenvalue weighted by Gasteiger charge is -2.33. The molecular formula is C10H21ClO. The Labute approximate surface area is 82.0 Å². The summed E-state index contributed by atoms with van der Waals surface area (Å²) in [5, 5.41) is 9.71. The van der Waals surface area contributed by atoms with Gasteiger partial charge < -0.3 is 5.11 Å². The van der Waals surface area contributed by atoms with Gasteiger partial charge in [0.2, 0.25) is 0 Å². The van der Waals surface area contributed by atoms with Crippen LogP contribution in [0.1, 0.15) is 40.0 Å². The molecular weight excluding hydrogens is 172 g/mol. The Morgan fingerprint density at radius 3 is 2.25 bits per heavy atom. The Bertz CT molecular complexity index is 125. The normalized spacial score (nSPS) is 36.2. The van der Waals surface area contributed by atoms with Crippen molar-refractivity contribution >= 4 is 12.4 Å². The summed E-state index contributed by atoms with van der Waals surface area (Å²) in [5.74, 6) is 1.95. The lowest BCUT2D eigenvalue weighted by atomic mass is 9.75. The number of hydrogen-bond acceptors (Lipinski definition) is 1. The van der Waals surface area contributed by atoms with Crippen molar-refractivity contribution in [1.29, 1.82) is 0 Å². The van der Waals surface area contributed by atoms with Crippen LogP contribution in [-0.4, -0.2) is 11.2 Å². The Morgan fingerprint density at radius 2 is 1.83 bits per heavy atom. The van der Waals surface area contributed by atoms with Crippen LogP contribution in [0, 0.1) is 17.8 Å². The van der Waals surface area contributed by atoms with Crippen molar-refractivity contribution in [2.24, 2.45) is 17.8 Å². The predicted molar refractivity (Wildman–Crippen MR) is 54.6 cm³/mol. The molecule has 0 amide bonds. The highest BCUT2D eigenvalue weighted by Gasteiger charge is 2.28. The van der Waals surface area contributed by atoms with Crippen molar-refractivity contribution < 1.29 is 5.11 Å². The minimum absolute atomic E-state index is 0. The second-order valence-corrected chi connectivity index (χ2v) is 4.39. The maximum atomic E-state index is 9.71. The summed E-state index contributed by atoms with van der Waals surface area (Å²) in [6.45, 7) is 6.66. The van der Waals surface area contributed by atoms with Gasteiger partial charge in [0.15, 0.2) is 0 Å². The van der Waals surface area contributed by atoms with Crippen LogP contribution in [0.5, 0.6) is 0 Å². The van der Waals surface area contributed by atoms with Crippen LogP contribution in [-0.2, 0) is 0 Å². The third kappa shape index (κ3) is 2.95. The van der Waals surface area contributed by atoms with Gasteiger partial charge in [0.25, 0.3) is 0 Å². The fourth-order valence-electron chi connectivity index (χ4n) is 2.15. The van der Waals surface area contributed by atoms with Crippen LogP contribution < -0.4 is 0 Å². The summed E-state index contributed by atoms with van der Waals surface area (Å²) < 4.78 is 0. The van der Waals surface area contributed by atoms with E-state index in [2.05, 4.69) is 20.8 Å². The molecule has 1 aliphatic carbocycles. The van der Waals surface area contributed by atoms with Crippen LogP contribution in [0.4, 0.5) is 0 Å². The van der Waals surface area contributed by atoms with E-state index in [1.165, 1.54) is 12.8 Å². The standard InChI is InChI=1S/C10H20O.ClH/c1-7(2)9-5-4-8(3)6-10(9)11;/h7-11H,4-6H2,1-3H3;1H. The van der Waals surface area contributed by atoms with Crippen molar-refractivity contribution in [3.8, 4) is 0 Å². The minimum Gasteiger partial charge on any atom is -0.393 e. The van der Waals surface area contributed by atoms with Crippen LogP contribution >= 0.6 is 12.4 Å². The molecule has 1 nitrogen and oxygen atoms in total. The van der Waals surface area contributed by atoms with E-state index in [1.54, 1.807) is 0 Å². The zero-order valence-electron chi connectivity index (χ0n) is 8.29. The summed E-state index contributed by atoms with van der Waals surface area (Å²) >= 11 is 0. The van der Waals surface area contributed by atoms with Gasteiger partial charge in [0, 0.05) is 0 Å². The van der Waals surface area contributed by atoms with Gasteiger partial charge in [-0.25, -0.2) is 0 Å². The number of aliphatic hydroxyl groups excluding tert-OH is 1. The molecule has 0 bridgehead atoms. The number of halogens is 1. The molecule has 1 saturated carbocycles. The molecule has 0 saturated heterocycles. The van der Waals surface area contributed by atoms with E-state index in [0.717, 1.165) is 12.3 Å². The number of hydrogen-bond donors (Lipinski definition) is 1. The van der Waals surface area contributed by atoms with Crippen LogP contribution in [0.2, 0.25) is 0 Å². The smallest absolute Gasteiger partial charge is 0.0573 e. The summed E-state index contributed by atoms with van der Waals surface area (Å²) in [7, 11) is 0. The molecule has 0 radical (unpaired) electrons. The third-order valence-electron chi connectivity index (χ3n) is 2.99. The van der Waals surface area contributed by atoms with Crippen molar-refractivity contribution in [2.45, 2.75) is 46.1 Å². The monoisotopic (exact) mass is 192 g/mol. The molecule has 2 heteroatoms. The maximum absolute atomic E-state index is 9.71. The van der Waals surface area contributed by atoms with Gasteiger partial charge in [-0.3, -0.25) is 0 Å². The van der Waals surface area contributed by atoms with Crippen LogP contribution in [0.15, 0.2) is 0 Å². The third-order valence-corrected chi connectivity index (χ3v) is 2.99. The molecule has 74 valence electrons. The van der Waals surface area contributed by atoms with Gasteiger partial charge in [0.1, 0.15) is 0 Å². The van der Waals surface area contributed by atoms with E-state index in [9.17, 15) is 5.11 Å². The van der Waals surface area contributed by atoms with Gasteiger partial charge in [-0.2, -0.15) is 0 Å². The highest BCUT2D eigenvalue weighted by molar-refractivity contribution is 5.85. The van der Waals surface area contributed by atoms with Crippen LogP contribution in [0.3, 0.4) is 0 Å². The van der Waals surface area contributed by atoms with E-state index in [-0.39, 0.29) is 18.5 Å². The molecule has 3 atom stereocenters. The molecule has 0 spiro atoms. The molecule has 1 aliphatic rings. The Morgan fingerprint density at radius 1 is 1.25 bits per heavy atom. The van der Waals surface area contributed by atoms with Crippen LogP contribution in [0.25, 0.3) is 0 Å². The Balaban J connectivity index is 0.00000121. The van der Waals surface area contributed by atoms with Gasteiger partial charge in [0.05, 0.1) is 6.10 Å². The second kappa shape index (κ2) is 5.08. The van der Waals surface area contributed by atoms with Gasteiger partial charge in [-0.15, -0.1) is 12.4 Å². The van der Waals surface area contributed by atoms with E-state index in [1.807, 2.05) is 0 Å². The first kappa shape index (κ1) is 12.2. The zero-order chi connectivity index (χ0) is 8.43. The fraction of sp³-hybridized carbons (Fsp3) is 1.00. The largest absolute Gasteiger partial charge is 0.393 e. The minimum atomic E-state index is -0.0289. The predicted octanol–water partition coefficient (Wildman–Crippen LogP) is 2.86. The molecule has 0 aromatic rings. The molecule has 1 rings (SSSR count). The second-order valence-electron chi connectivity index (χ2n) is 4.39. The summed E-state index contributed by atoms with van der Waals surface area (Å²) in [6, 6.07) is 0. The average molecular weight is 193 g/mol. The van der Waals surface area contributed by atoms with Crippen molar-refractivity contribution in [3.05, 3.63) is 0 Å². The SMILES string of the molecule is CC1CCC(C(C)C)C(O)C1.Cl. The number of rotatable bonds is 1. The first-order valence-corrected chi connectivity index (χ1v) is 4.79. The molecule has 0 aliphatic heterocycles. The highest BCUT2D eigenvalue weighted by Crippen LogP contribution is 2.33. The van der Waals surface area contributed by atoms with Crippen molar-refractivity contribution in [2.75, 3.05) is 0 Å². The van der Waals surface area contributed by atoms with Gasteiger partial charge >= 0.3 is 0 Å². The van der Waals surface area contributed by atoms with E-state index in [4.69, 9.17) is 0 Å². The van der Waals surface area contributed by atoms with E-state index >= 15 is 0 Å². The van der Waals surface area contributed by atoms with E-state index < -0.39 is 0 Å². The quantitative estimate of drug-likeness (QED) is 0.678. The maximum Gasteiger partial charge on any atom is 0.0573 e. The lowest BCUT2D eigenvalue weighted by Crippen LogP contribution is -2.31. The molecule has 12 heavy (non-hydrogen) atoms. The Hall–Kier alpha value is 0.250. The zero-order valence-corrected chi connectivity index (χ0v) is 9.10. The highest BCUT2D eigenvalue weighted by atomic mass is 35.5. The number of aliphatic hydroxyl groups is 1. The van der Waals surface area contributed by atoms with Gasteiger partial charge in [-0.05, 0) is 30.6 Å². The molecule has 0 aromatic heterocycles. The van der Waals surface area contributed by atoms with E-state index in [0.29, 0.717) is 11.8 Å². The van der Waals surface area contributed by atoms with Crippen molar-refractivity contribution in [1.82, 2.24) is 0 Å². The Kier molecular flexibility index (Phi) is 5.19. The average Bonchev–Trinajstić information content (AvgIpc) is 1.85. The topological polar surface area (TPSA) is 20.2 Å². The lowest BCUT2D eigenvalue weighted by molar-refractivity contribution is 0.0266. The van der Waals surface area contributed by atoms with Crippen molar-refractivity contribution in [3.63, 3.8) is 0 Å². The summed E-state index contributed by atoms with van der Waals surface area (Å²) in [6.07, 6.45) is 3.52. The molecule has 0 aromatic carbocycles. The van der Waals surface area contributed by atoms with Gasteiger partial charge in [-0.1, -0.05) is 27.2 Å². The first-order valence-electron chi connectivity index (χ1n) is 4.79.